The molecule has 0 saturated carbocycles. The van der Waals surface area contributed by atoms with Gasteiger partial charge in [-0.15, -0.1) is 21.5 Å². The topological polar surface area (TPSA) is 67.8 Å². The lowest BCUT2D eigenvalue weighted by Gasteiger charge is -2.35. The van der Waals surface area contributed by atoms with Crippen molar-refractivity contribution in [3.05, 3.63) is 53.4 Å². The fraction of sp³-hybridized carbons (Fsp3) is 0.286. The summed E-state index contributed by atoms with van der Waals surface area (Å²) in [5, 5.41) is 10.8. The lowest BCUT2D eigenvalue weighted by atomic mass is 10.1. The highest BCUT2D eigenvalue weighted by atomic mass is 32.1. The fourth-order valence-corrected chi connectivity index (χ4v) is 4.10. The van der Waals surface area contributed by atoms with Gasteiger partial charge >= 0.3 is 0 Å². The Bertz CT molecular complexity index is 946. The minimum atomic E-state index is -0.0851. The zero-order valence-electron chi connectivity index (χ0n) is 16.4. The molecule has 0 aliphatic carbocycles. The number of benzene rings is 1. The van der Waals surface area contributed by atoms with E-state index in [0.717, 1.165) is 16.4 Å². The second-order valence-electron chi connectivity index (χ2n) is 6.57. The van der Waals surface area contributed by atoms with E-state index in [0.29, 0.717) is 43.2 Å². The molecule has 2 aromatic heterocycles. The van der Waals surface area contributed by atoms with Crippen molar-refractivity contribution in [2.75, 3.05) is 45.3 Å². The Hall–Kier alpha value is -3.13. The molecule has 4 rings (SSSR count). The van der Waals surface area contributed by atoms with Crippen molar-refractivity contribution >= 4 is 23.1 Å². The zero-order valence-corrected chi connectivity index (χ0v) is 17.2. The number of nitrogens with zero attached hydrogens (tertiary/aromatic N) is 4. The first-order valence-electron chi connectivity index (χ1n) is 9.34. The van der Waals surface area contributed by atoms with E-state index in [-0.39, 0.29) is 5.91 Å². The molecule has 150 valence electrons. The van der Waals surface area contributed by atoms with Gasteiger partial charge in [0, 0.05) is 26.2 Å². The quantitative estimate of drug-likeness (QED) is 0.644. The lowest BCUT2D eigenvalue weighted by molar-refractivity contribution is 0.0739. The van der Waals surface area contributed by atoms with E-state index >= 15 is 0 Å². The molecule has 29 heavy (non-hydrogen) atoms. The average molecular weight is 410 g/mol. The van der Waals surface area contributed by atoms with Gasteiger partial charge in [-0.3, -0.25) is 4.79 Å². The fourth-order valence-electron chi connectivity index (χ4n) is 3.41. The SMILES string of the molecule is COc1cccc(OC)c1C(=O)N1CCN(c2ccc(-c3cccs3)nn2)CC1. The number of rotatable bonds is 5. The van der Waals surface area contributed by atoms with Crippen molar-refractivity contribution in [3.8, 4) is 22.1 Å². The third-order valence-electron chi connectivity index (χ3n) is 4.96. The first-order valence-corrected chi connectivity index (χ1v) is 10.2. The number of piperazine rings is 1. The maximum absolute atomic E-state index is 13.1. The highest BCUT2D eigenvalue weighted by Crippen LogP contribution is 2.30. The minimum absolute atomic E-state index is 0.0851. The Balaban J connectivity index is 1.44. The Morgan fingerprint density at radius 2 is 1.66 bits per heavy atom. The van der Waals surface area contributed by atoms with Gasteiger partial charge in [0.05, 0.1) is 19.1 Å². The summed E-state index contributed by atoms with van der Waals surface area (Å²) in [6, 6.07) is 13.4. The summed E-state index contributed by atoms with van der Waals surface area (Å²) in [5.41, 5.74) is 1.34. The Labute approximate surface area is 173 Å². The second-order valence-corrected chi connectivity index (χ2v) is 7.52. The molecule has 1 aromatic carbocycles. The number of hydrogen-bond donors (Lipinski definition) is 0. The molecule has 1 amide bonds. The van der Waals surface area contributed by atoms with Crippen LogP contribution in [0.25, 0.3) is 10.6 Å². The third kappa shape index (κ3) is 3.88. The van der Waals surface area contributed by atoms with Gasteiger partial charge < -0.3 is 19.3 Å². The van der Waals surface area contributed by atoms with Crippen molar-refractivity contribution in [1.29, 1.82) is 0 Å². The summed E-state index contributed by atoms with van der Waals surface area (Å²) in [6.45, 7) is 2.56. The monoisotopic (exact) mass is 410 g/mol. The summed E-state index contributed by atoms with van der Waals surface area (Å²) in [6.07, 6.45) is 0. The summed E-state index contributed by atoms with van der Waals surface area (Å²) in [7, 11) is 3.12. The van der Waals surface area contributed by atoms with Crippen molar-refractivity contribution in [1.82, 2.24) is 15.1 Å². The number of amides is 1. The predicted octanol–water partition coefficient (Wildman–Crippen LogP) is 3.18. The molecule has 1 saturated heterocycles. The van der Waals surface area contributed by atoms with Crippen LogP contribution in [0.1, 0.15) is 10.4 Å². The van der Waals surface area contributed by atoms with Gasteiger partial charge in [0.2, 0.25) is 0 Å². The first-order chi connectivity index (χ1) is 14.2. The predicted molar refractivity (Wildman–Crippen MR) is 113 cm³/mol. The molecular formula is C21H22N4O3S. The maximum atomic E-state index is 13.1. The zero-order chi connectivity index (χ0) is 20.2. The lowest BCUT2D eigenvalue weighted by Crippen LogP contribution is -2.49. The van der Waals surface area contributed by atoms with Gasteiger partial charge in [0.25, 0.3) is 5.91 Å². The first kappa shape index (κ1) is 19.2. The molecule has 0 atom stereocenters. The molecule has 3 aromatic rings. The van der Waals surface area contributed by atoms with Crippen LogP contribution < -0.4 is 14.4 Å². The maximum Gasteiger partial charge on any atom is 0.261 e. The standard InChI is InChI=1S/C21H22N4O3S/c1-27-16-5-3-6-17(28-2)20(16)21(26)25-12-10-24(11-13-25)19-9-8-15(22-23-19)18-7-4-14-29-18/h3-9,14H,10-13H2,1-2H3. The summed E-state index contributed by atoms with van der Waals surface area (Å²) in [5.74, 6) is 1.78. The van der Waals surface area contributed by atoms with Crippen molar-refractivity contribution < 1.29 is 14.3 Å². The van der Waals surface area contributed by atoms with Crippen LogP contribution in [0.5, 0.6) is 11.5 Å². The molecule has 0 spiro atoms. The van der Waals surface area contributed by atoms with Crippen LogP contribution in [-0.2, 0) is 0 Å². The van der Waals surface area contributed by atoms with E-state index in [1.54, 1.807) is 37.7 Å². The molecule has 3 heterocycles. The highest BCUT2D eigenvalue weighted by Gasteiger charge is 2.27. The molecule has 1 aliphatic heterocycles. The van der Waals surface area contributed by atoms with Crippen molar-refractivity contribution in [2.24, 2.45) is 0 Å². The normalized spacial score (nSPS) is 14.0. The number of aromatic nitrogens is 2. The van der Waals surface area contributed by atoms with Crippen LogP contribution in [0.3, 0.4) is 0 Å². The van der Waals surface area contributed by atoms with Gasteiger partial charge in [-0.25, -0.2) is 0 Å². The number of ether oxygens (including phenoxy) is 2. The van der Waals surface area contributed by atoms with Crippen LogP contribution in [0.2, 0.25) is 0 Å². The second kappa shape index (κ2) is 8.48. The molecule has 1 aliphatic rings. The number of anilines is 1. The smallest absolute Gasteiger partial charge is 0.261 e. The van der Waals surface area contributed by atoms with E-state index in [1.165, 1.54) is 0 Å². The van der Waals surface area contributed by atoms with Crippen LogP contribution in [0.4, 0.5) is 5.82 Å². The largest absolute Gasteiger partial charge is 0.496 e. The molecule has 0 unspecified atom stereocenters. The summed E-state index contributed by atoms with van der Waals surface area (Å²) >= 11 is 1.64. The van der Waals surface area contributed by atoms with Crippen molar-refractivity contribution in [2.45, 2.75) is 0 Å². The van der Waals surface area contributed by atoms with Crippen LogP contribution in [-0.4, -0.2) is 61.4 Å². The Morgan fingerprint density at radius 3 is 2.21 bits per heavy atom. The molecule has 7 nitrogen and oxygen atoms in total. The summed E-state index contributed by atoms with van der Waals surface area (Å²) < 4.78 is 10.8. The van der Waals surface area contributed by atoms with E-state index in [2.05, 4.69) is 15.1 Å². The van der Waals surface area contributed by atoms with Crippen LogP contribution >= 0.6 is 11.3 Å². The van der Waals surface area contributed by atoms with Crippen LogP contribution in [0.15, 0.2) is 47.8 Å². The van der Waals surface area contributed by atoms with Gasteiger partial charge in [-0.05, 0) is 35.7 Å². The van der Waals surface area contributed by atoms with E-state index in [4.69, 9.17) is 9.47 Å². The number of carbonyl (C=O) groups excluding carboxylic acids is 1. The minimum Gasteiger partial charge on any atom is -0.496 e. The van der Waals surface area contributed by atoms with Gasteiger partial charge in [-0.1, -0.05) is 12.1 Å². The molecular weight excluding hydrogens is 388 g/mol. The van der Waals surface area contributed by atoms with Gasteiger partial charge in [-0.2, -0.15) is 0 Å². The van der Waals surface area contributed by atoms with E-state index in [9.17, 15) is 4.79 Å². The number of carbonyl (C=O) groups is 1. The van der Waals surface area contributed by atoms with Gasteiger partial charge in [0.1, 0.15) is 22.8 Å². The van der Waals surface area contributed by atoms with Crippen molar-refractivity contribution in [3.63, 3.8) is 0 Å². The van der Waals surface area contributed by atoms with E-state index in [1.807, 2.05) is 40.6 Å². The molecule has 0 radical (unpaired) electrons. The number of methoxy groups -OCH3 is 2. The number of thiophene rings is 1. The Morgan fingerprint density at radius 1 is 0.931 bits per heavy atom. The Kier molecular flexibility index (Phi) is 5.62. The number of hydrogen-bond acceptors (Lipinski definition) is 7. The molecule has 1 fully saturated rings. The molecule has 0 bridgehead atoms. The average Bonchev–Trinajstić information content (AvgIpc) is 3.33. The molecule has 0 N–H and O–H groups in total. The van der Waals surface area contributed by atoms with Gasteiger partial charge in [0.15, 0.2) is 5.82 Å². The van der Waals surface area contributed by atoms with Crippen LogP contribution in [0, 0.1) is 0 Å². The third-order valence-corrected chi connectivity index (χ3v) is 5.85. The molecule has 8 heteroatoms. The highest BCUT2D eigenvalue weighted by molar-refractivity contribution is 7.13. The van der Waals surface area contributed by atoms with E-state index < -0.39 is 0 Å². The summed E-state index contributed by atoms with van der Waals surface area (Å²) in [4.78, 5) is 18.2.